The number of nitrogen functional groups attached to an aromatic ring is 1. The molecule has 7 nitrogen and oxygen atoms in total. The minimum Gasteiger partial charge on any atom is -0.496 e. The highest BCUT2D eigenvalue weighted by Gasteiger charge is 2.14. The molecule has 2 aromatic rings. The molecule has 0 saturated carbocycles. The number of methoxy groups -OCH3 is 1. The summed E-state index contributed by atoms with van der Waals surface area (Å²) in [5.41, 5.74) is 7.17. The summed E-state index contributed by atoms with van der Waals surface area (Å²) < 4.78 is 12.3. The van der Waals surface area contributed by atoms with E-state index in [1.807, 2.05) is 13.0 Å². The number of nitrogens with two attached hydrogens (primary N) is 1. The van der Waals surface area contributed by atoms with Crippen molar-refractivity contribution in [2.24, 2.45) is 0 Å². The molecular formula is C12H17N5O2. The third kappa shape index (κ3) is 3.00. The van der Waals surface area contributed by atoms with Crippen LogP contribution in [0.4, 0.5) is 5.69 Å². The number of ether oxygens (including phenoxy) is 2. The molecule has 0 fully saturated rings. The highest BCUT2D eigenvalue weighted by Crippen LogP contribution is 2.29. The number of rotatable bonds is 6. The maximum absolute atomic E-state index is 5.73. The monoisotopic (exact) mass is 263 g/mol. The lowest BCUT2D eigenvalue weighted by Crippen LogP contribution is -2.09. The van der Waals surface area contributed by atoms with Gasteiger partial charge in [0, 0.05) is 18.4 Å². The van der Waals surface area contributed by atoms with Crippen molar-refractivity contribution in [3.63, 3.8) is 0 Å². The SMILES string of the molecule is CCOCCn1nnnc1-c1ccc(N)cc1OC. The Balaban J connectivity index is 2.29. The molecule has 0 saturated heterocycles. The van der Waals surface area contributed by atoms with E-state index in [0.717, 1.165) is 5.56 Å². The molecule has 1 aromatic heterocycles. The summed E-state index contributed by atoms with van der Waals surface area (Å²) in [4.78, 5) is 0. The molecule has 0 amide bonds. The van der Waals surface area contributed by atoms with Gasteiger partial charge in [-0.05, 0) is 29.5 Å². The van der Waals surface area contributed by atoms with Gasteiger partial charge in [0.15, 0.2) is 5.82 Å². The van der Waals surface area contributed by atoms with Crippen LogP contribution in [-0.4, -0.2) is 40.5 Å². The summed E-state index contributed by atoms with van der Waals surface area (Å²) in [5, 5.41) is 11.7. The van der Waals surface area contributed by atoms with Crippen LogP contribution in [0.15, 0.2) is 18.2 Å². The Kier molecular flexibility index (Phi) is 4.30. The van der Waals surface area contributed by atoms with E-state index in [9.17, 15) is 0 Å². The minimum absolute atomic E-state index is 0.561. The summed E-state index contributed by atoms with van der Waals surface area (Å²) in [6.45, 7) is 3.77. The van der Waals surface area contributed by atoms with Crippen molar-refractivity contribution in [1.29, 1.82) is 0 Å². The average molecular weight is 263 g/mol. The number of anilines is 1. The molecule has 2 rings (SSSR count). The third-order valence-electron chi connectivity index (χ3n) is 2.65. The fourth-order valence-electron chi connectivity index (χ4n) is 1.74. The maximum Gasteiger partial charge on any atom is 0.185 e. The van der Waals surface area contributed by atoms with Crippen LogP contribution < -0.4 is 10.5 Å². The van der Waals surface area contributed by atoms with Crippen LogP contribution >= 0.6 is 0 Å². The summed E-state index contributed by atoms with van der Waals surface area (Å²) >= 11 is 0. The van der Waals surface area contributed by atoms with Gasteiger partial charge in [0.2, 0.25) is 0 Å². The standard InChI is InChI=1S/C12H17N5O2/c1-3-19-7-6-17-12(14-15-16-17)10-5-4-9(13)8-11(10)18-2/h4-5,8H,3,6-7,13H2,1-2H3. The number of tetrazole rings is 1. The van der Waals surface area contributed by atoms with Crippen LogP contribution in [-0.2, 0) is 11.3 Å². The molecule has 0 aliphatic carbocycles. The first-order chi connectivity index (χ1) is 9.26. The molecule has 102 valence electrons. The number of hydrogen-bond acceptors (Lipinski definition) is 6. The predicted octanol–water partition coefficient (Wildman–Crippen LogP) is 0.967. The van der Waals surface area contributed by atoms with Crippen LogP contribution in [0.1, 0.15) is 6.92 Å². The van der Waals surface area contributed by atoms with Gasteiger partial charge < -0.3 is 15.2 Å². The van der Waals surface area contributed by atoms with E-state index in [1.54, 1.807) is 23.9 Å². The van der Waals surface area contributed by atoms with Crippen LogP contribution in [0.3, 0.4) is 0 Å². The molecule has 19 heavy (non-hydrogen) atoms. The fraction of sp³-hybridized carbons (Fsp3) is 0.417. The van der Waals surface area contributed by atoms with E-state index in [2.05, 4.69) is 15.5 Å². The second kappa shape index (κ2) is 6.14. The molecule has 0 spiro atoms. The lowest BCUT2D eigenvalue weighted by Gasteiger charge is -2.09. The predicted molar refractivity (Wildman–Crippen MR) is 70.7 cm³/mol. The van der Waals surface area contributed by atoms with Gasteiger partial charge in [-0.3, -0.25) is 0 Å². The van der Waals surface area contributed by atoms with Crippen molar-refractivity contribution in [2.45, 2.75) is 13.5 Å². The lowest BCUT2D eigenvalue weighted by molar-refractivity contribution is 0.136. The first-order valence-electron chi connectivity index (χ1n) is 6.04. The van der Waals surface area contributed by atoms with E-state index in [-0.39, 0.29) is 0 Å². The van der Waals surface area contributed by atoms with E-state index in [4.69, 9.17) is 15.2 Å². The van der Waals surface area contributed by atoms with Crippen molar-refractivity contribution >= 4 is 5.69 Å². The normalized spacial score (nSPS) is 10.6. The topological polar surface area (TPSA) is 88.1 Å². The zero-order chi connectivity index (χ0) is 13.7. The van der Waals surface area contributed by atoms with Gasteiger partial charge in [-0.2, -0.15) is 0 Å². The highest BCUT2D eigenvalue weighted by molar-refractivity contribution is 5.67. The number of hydrogen-bond donors (Lipinski definition) is 1. The van der Waals surface area contributed by atoms with Gasteiger partial charge in [0.05, 0.1) is 25.8 Å². The van der Waals surface area contributed by atoms with E-state index < -0.39 is 0 Å². The van der Waals surface area contributed by atoms with Crippen molar-refractivity contribution in [2.75, 3.05) is 26.1 Å². The zero-order valence-electron chi connectivity index (χ0n) is 11.0. The molecule has 0 aliphatic heterocycles. The molecule has 2 N–H and O–H groups in total. The van der Waals surface area contributed by atoms with Crippen molar-refractivity contribution in [3.05, 3.63) is 18.2 Å². The second-order valence-corrected chi connectivity index (χ2v) is 3.88. The lowest BCUT2D eigenvalue weighted by atomic mass is 10.1. The molecular weight excluding hydrogens is 246 g/mol. The number of aromatic nitrogens is 4. The molecule has 0 aliphatic rings. The van der Waals surface area contributed by atoms with Gasteiger partial charge in [-0.25, -0.2) is 4.68 Å². The Morgan fingerprint density at radius 1 is 1.37 bits per heavy atom. The largest absolute Gasteiger partial charge is 0.496 e. The first kappa shape index (κ1) is 13.3. The second-order valence-electron chi connectivity index (χ2n) is 3.88. The maximum atomic E-state index is 5.73. The molecule has 0 radical (unpaired) electrons. The molecule has 1 heterocycles. The molecule has 0 atom stereocenters. The van der Waals surface area contributed by atoms with Crippen molar-refractivity contribution < 1.29 is 9.47 Å². The Morgan fingerprint density at radius 2 is 2.21 bits per heavy atom. The van der Waals surface area contributed by atoms with E-state index in [0.29, 0.717) is 37.0 Å². The molecule has 0 unspecified atom stereocenters. The van der Waals surface area contributed by atoms with E-state index >= 15 is 0 Å². The average Bonchev–Trinajstić information content (AvgIpc) is 2.87. The Bertz CT molecular complexity index is 541. The quantitative estimate of drug-likeness (QED) is 0.617. The summed E-state index contributed by atoms with van der Waals surface area (Å²) in [5.74, 6) is 1.28. The van der Waals surface area contributed by atoms with Crippen molar-refractivity contribution in [3.8, 4) is 17.1 Å². The van der Waals surface area contributed by atoms with Gasteiger partial charge >= 0.3 is 0 Å². The van der Waals surface area contributed by atoms with Gasteiger partial charge in [0.1, 0.15) is 5.75 Å². The van der Waals surface area contributed by atoms with Gasteiger partial charge in [-0.1, -0.05) is 0 Å². The highest BCUT2D eigenvalue weighted by atomic mass is 16.5. The smallest absolute Gasteiger partial charge is 0.185 e. The summed E-state index contributed by atoms with van der Waals surface area (Å²) in [7, 11) is 1.59. The summed E-state index contributed by atoms with van der Waals surface area (Å²) in [6.07, 6.45) is 0. The zero-order valence-corrected chi connectivity index (χ0v) is 11.0. The minimum atomic E-state index is 0.561. The van der Waals surface area contributed by atoms with Crippen molar-refractivity contribution in [1.82, 2.24) is 20.2 Å². The first-order valence-corrected chi connectivity index (χ1v) is 6.04. The van der Waals surface area contributed by atoms with Gasteiger partial charge in [0.25, 0.3) is 0 Å². The number of nitrogens with zero attached hydrogens (tertiary/aromatic N) is 4. The Labute approximate surface area is 111 Å². The van der Waals surface area contributed by atoms with Crippen LogP contribution in [0.2, 0.25) is 0 Å². The molecule has 7 heteroatoms. The van der Waals surface area contributed by atoms with Gasteiger partial charge in [-0.15, -0.1) is 5.10 Å². The summed E-state index contributed by atoms with van der Waals surface area (Å²) in [6, 6.07) is 5.38. The number of benzene rings is 1. The van der Waals surface area contributed by atoms with Crippen LogP contribution in [0.25, 0.3) is 11.4 Å². The Hall–Kier alpha value is -2.15. The van der Waals surface area contributed by atoms with Crippen LogP contribution in [0, 0.1) is 0 Å². The molecule has 0 bridgehead atoms. The molecule has 1 aromatic carbocycles. The van der Waals surface area contributed by atoms with E-state index in [1.165, 1.54) is 0 Å². The van der Waals surface area contributed by atoms with Crippen LogP contribution in [0.5, 0.6) is 5.75 Å². The Morgan fingerprint density at radius 3 is 2.95 bits per heavy atom. The third-order valence-corrected chi connectivity index (χ3v) is 2.65. The fourth-order valence-corrected chi connectivity index (χ4v) is 1.74.